The maximum Gasteiger partial charge on any atom is 0.358 e. The number of likely N-dealkylation sites (tertiary alicyclic amines) is 1. The molecule has 0 radical (unpaired) electrons. The van der Waals surface area contributed by atoms with E-state index in [2.05, 4.69) is 0 Å². The Balaban J connectivity index is 2.61. The lowest BCUT2D eigenvalue weighted by Gasteiger charge is -2.50. The molecule has 0 aromatic heterocycles. The Bertz CT molecular complexity index is 1270. The van der Waals surface area contributed by atoms with E-state index < -0.39 is 68.0 Å². The Hall–Kier alpha value is -1.87. The van der Waals surface area contributed by atoms with Crippen molar-refractivity contribution in [3.63, 3.8) is 0 Å². The van der Waals surface area contributed by atoms with E-state index in [1.807, 2.05) is 33.9 Å². The number of rotatable bonds is 10. The van der Waals surface area contributed by atoms with Crippen LogP contribution in [0.2, 0.25) is 18.1 Å². The fourth-order valence-corrected chi connectivity index (χ4v) is 9.16. The van der Waals surface area contributed by atoms with Gasteiger partial charge in [0.2, 0.25) is 14.8 Å². The van der Waals surface area contributed by atoms with Crippen molar-refractivity contribution >= 4 is 50.0 Å². The van der Waals surface area contributed by atoms with Gasteiger partial charge in [0.25, 0.3) is 0 Å². The lowest BCUT2D eigenvalue weighted by molar-refractivity contribution is -0.157. The number of carbonyl (C=O) groups excluding carboxylic acids is 2. The molecule has 10 nitrogen and oxygen atoms in total. The lowest BCUT2D eigenvalue weighted by Crippen LogP contribution is -2.65. The third-order valence-electron chi connectivity index (χ3n) is 6.36. The van der Waals surface area contributed by atoms with Crippen molar-refractivity contribution in [2.45, 2.75) is 69.1 Å². The van der Waals surface area contributed by atoms with Crippen LogP contribution in [0.25, 0.3) is 0 Å². The van der Waals surface area contributed by atoms with Gasteiger partial charge < -0.3 is 13.3 Å². The Morgan fingerprint density at radius 1 is 1.11 bits per heavy atom. The second kappa shape index (κ2) is 11.1. The molecule has 14 heteroatoms. The van der Waals surface area contributed by atoms with Gasteiger partial charge in [-0.25, -0.2) is 13.2 Å². The molecule has 0 N–H and O–H groups in total. The highest BCUT2D eigenvalue weighted by molar-refractivity contribution is 8.72. The molecule has 1 saturated heterocycles. The molecule has 1 amide bonds. The van der Waals surface area contributed by atoms with Gasteiger partial charge >= 0.3 is 16.1 Å². The topological polar surface area (TPSA) is 133 Å². The molecule has 1 heterocycles. The summed E-state index contributed by atoms with van der Waals surface area (Å²) in [6, 6.07) is 7.66. The summed E-state index contributed by atoms with van der Waals surface area (Å²) in [6.45, 7) is 13.0. The standard InChI is InChI=1S/C23H35NO9S3Si/c1-15(33-37(8,9)23(3,4)5)18-20(25)24(19(22(26)31-6)16(2)32-35(7,27)28)21(18)34-36(29,30)17-13-11-10-12-14-17/h10-15,18,21H,1-9H3/t15?,18-,21+/m0/s1. The molecular formula is C23H35NO9S3Si. The molecule has 0 aliphatic carbocycles. The van der Waals surface area contributed by atoms with E-state index >= 15 is 0 Å². The number of allylic oxidation sites excluding steroid dienone is 1. The average Bonchev–Trinajstić information content (AvgIpc) is 2.74. The normalized spacial score (nSPS) is 20.6. The van der Waals surface area contributed by atoms with Gasteiger partial charge in [0, 0.05) is 0 Å². The Morgan fingerprint density at radius 3 is 2.11 bits per heavy atom. The van der Waals surface area contributed by atoms with Crippen LogP contribution in [0.4, 0.5) is 0 Å². The van der Waals surface area contributed by atoms with Crippen molar-refractivity contribution in [1.29, 1.82) is 0 Å². The summed E-state index contributed by atoms with van der Waals surface area (Å²) in [5, 5.41) is -1.30. The molecule has 208 valence electrons. The first kappa shape index (κ1) is 31.3. The van der Waals surface area contributed by atoms with Crippen LogP contribution in [0, 0.1) is 5.92 Å². The van der Waals surface area contributed by atoms with Crippen molar-refractivity contribution in [3.8, 4) is 0 Å². The summed E-state index contributed by atoms with van der Waals surface area (Å²) in [7, 11) is -8.88. The van der Waals surface area contributed by atoms with Crippen LogP contribution in [0.15, 0.2) is 46.7 Å². The maximum atomic E-state index is 13.5. The van der Waals surface area contributed by atoms with Crippen molar-refractivity contribution < 1.29 is 39.8 Å². The molecule has 0 saturated carbocycles. The van der Waals surface area contributed by atoms with E-state index in [4.69, 9.17) is 13.3 Å². The first-order valence-corrected chi connectivity index (χ1v) is 19.0. The summed E-state index contributed by atoms with van der Waals surface area (Å²) in [5.41, 5.74) is -0.491. The van der Waals surface area contributed by atoms with Gasteiger partial charge in [0.1, 0.15) is 11.1 Å². The number of carbonyl (C=O) groups is 2. The summed E-state index contributed by atoms with van der Waals surface area (Å²) in [6.07, 6.45) is 0.0935. The summed E-state index contributed by atoms with van der Waals surface area (Å²) >= 11 is 0. The third-order valence-corrected chi connectivity index (χ3v) is 15.2. The first-order valence-electron chi connectivity index (χ1n) is 11.4. The molecule has 3 atom stereocenters. The van der Waals surface area contributed by atoms with Crippen LogP contribution in [-0.4, -0.2) is 66.8 Å². The van der Waals surface area contributed by atoms with Crippen LogP contribution in [0.3, 0.4) is 0 Å². The minimum Gasteiger partial charge on any atom is -0.464 e. The zero-order valence-electron chi connectivity index (χ0n) is 22.5. The van der Waals surface area contributed by atoms with E-state index in [-0.39, 0.29) is 9.93 Å². The van der Waals surface area contributed by atoms with Gasteiger partial charge in [-0.05, 0) is 54.9 Å². The summed E-state index contributed by atoms with van der Waals surface area (Å²) in [5.74, 6) is -3.01. The van der Waals surface area contributed by atoms with E-state index in [9.17, 15) is 26.4 Å². The summed E-state index contributed by atoms with van der Waals surface area (Å²) in [4.78, 5) is 27.2. The smallest absolute Gasteiger partial charge is 0.358 e. The van der Waals surface area contributed by atoms with Crippen LogP contribution in [-0.2, 0) is 41.9 Å². The van der Waals surface area contributed by atoms with Gasteiger partial charge in [-0.3, -0.25) is 9.69 Å². The SMILES string of the molecule is COC(=O)C(=C(C)OS(C)(=O)=O)N1C(=O)[C@H](C(C)O[Si](C)(C)C(C)(C)C)[C@H]1SS(=O)(=O)c1ccccc1. The number of ether oxygens (including phenoxy) is 1. The van der Waals surface area contributed by atoms with Gasteiger partial charge in [0.15, 0.2) is 14.0 Å². The molecule has 0 spiro atoms. The van der Waals surface area contributed by atoms with E-state index in [0.717, 1.165) is 18.3 Å². The molecule has 1 aromatic carbocycles. The Kier molecular flexibility index (Phi) is 9.39. The monoisotopic (exact) mass is 593 g/mol. The second-order valence-electron chi connectivity index (χ2n) is 10.3. The highest BCUT2D eigenvalue weighted by Gasteiger charge is 2.57. The van der Waals surface area contributed by atoms with Crippen molar-refractivity contribution in [2.24, 2.45) is 5.92 Å². The fraction of sp³-hybridized carbons (Fsp3) is 0.565. The number of β-lactam (4-membered cyclic amide) rings is 1. The molecule has 1 aromatic rings. The Morgan fingerprint density at radius 2 is 1.65 bits per heavy atom. The van der Waals surface area contributed by atoms with Crippen molar-refractivity contribution in [1.82, 2.24) is 4.90 Å². The van der Waals surface area contributed by atoms with Crippen molar-refractivity contribution in [2.75, 3.05) is 13.4 Å². The number of methoxy groups -OCH3 is 1. The second-order valence-corrected chi connectivity index (χ2v) is 20.5. The summed E-state index contributed by atoms with van der Waals surface area (Å²) < 4.78 is 66.2. The third kappa shape index (κ3) is 7.16. The van der Waals surface area contributed by atoms with E-state index in [1.54, 1.807) is 25.1 Å². The van der Waals surface area contributed by atoms with Crippen LogP contribution in [0.5, 0.6) is 0 Å². The number of benzene rings is 1. The molecule has 1 aliphatic rings. The minimum atomic E-state index is -4.06. The molecule has 1 fully saturated rings. The van der Waals surface area contributed by atoms with Gasteiger partial charge in [-0.15, -0.1) is 0 Å². The van der Waals surface area contributed by atoms with Crippen LogP contribution in [0.1, 0.15) is 34.6 Å². The van der Waals surface area contributed by atoms with Gasteiger partial charge in [-0.1, -0.05) is 39.0 Å². The largest absolute Gasteiger partial charge is 0.464 e. The molecular weight excluding hydrogens is 559 g/mol. The fourth-order valence-electron chi connectivity index (χ4n) is 3.52. The predicted molar refractivity (Wildman–Crippen MR) is 144 cm³/mol. The molecule has 37 heavy (non-hydrogen) atoms. The van der Waals surface area contributed by atoms with Gasteiger partial charge in [-0.2, -0.15) is 8.42 Å². The number of amides is 1. The Labute approximate surface area is 224 Å². The maximum absolute atomic E-state index is 13.5. The minimum absolute atomic E-state index is 0.0173. The van der Waals surface area contributed by atoms with Gasteiger partial charge in [0.05, 0.1) is 30.3 Å². The number of nitrogens with zero attached hydrogens (tertiary/aromatic N) is 1. The first-order chi connectivity index (χ1) is 16.7. The van der Waals surface area contributed by atoms with Crippen LogP contribution < -0.4 is 0 Å². The zero-order valence-corrected chi connectivity index (χ0v) is 25.9. The highest BCUT2D eigenvalue weighted by Crippen LogP contribution is 2.47. The molecule has 1 aliphatic heterocycles. The number of esters is 1. The molecule has 0 bridgehead atoms. The predicted octanol–water partition coefficient (Wildman–Crippen LogP) is 3.68. The molecule has 1 unspecified atom stereocenters. The zero-order chi connectivity index (χ0) is 28.6. The van der Waals surface area contributed by atoms with Crippen LogP contribution >= 0.6 is 10.8 Å². The number of hydrogen-bond donors (Lipinski definition) is 0. The quantitative estimate of drug-likeness (QED) is 0.0752. The van der Waals surface area contributed by atoms with E-state index in [1.165, 1.54) is 19.1 Å². The lowest BCUT2D eigenvalue weighted by atomic mass is 9.92. The number of hydrogen-bond acceptors (Lipinski definition) is 10. The molecule has 2 rings (SSSR count). The van der Waals surface area contributed by atoms with E-state index in [0.29, 0.717) is 10.8 Å². The highest BCUT2D eigenvalue weighted by atomic mass is 33.1. The average molecular weight is 594 g/mol. The van der Waals surface area contributed by atoms with Crippen molar-refractivity contribution in [3.05, 3.63) is 41.8 Å².